The van der Waals surface area contributed by atoms with Crippen LogP contribution < -0.4 is 20.9 Å². The molecular formula is C25H30N3O8PS. The Bertz CT molecular complexity index is 1320. The van der Waals surface area contributed by atoms with Crippen molar-refractivity contribution in [3.8, 4) is 5.75 Å². The van der Waals surface area contributed by atoms with Crippen LogP contribution in [0.3, 0.4) is 0 Å². The second-order valence-corrected chi connectivity index (χ2v) is 11.2. The minimum Gasteiger partial charge on any atom is -0.460 e. The third-order valence-electron chi connectivity index (χ3n) is 5.31. The van der Waals surface area contributed by atoms with Crippen molar-refractivity contribution in [1.82, 2.24) is 14.6 Å². The topological polar surface area (TPSA) is 141 Å². The van der Waals surface area contributed by atoms with Gasteiger partial charge in [-0.25, -0.2) is 9.88 Å². The predicted octanol–water partition coefficient (Wildman–Crippen LogP) is 2.48. The Kier molecular flexibility index (Phi) is 11.4. The molecular weight excluding hydrogens is 533 g/mol. The quantitative estimate of drug-likeness (QED) is 0.235. The zero-order chi connectivity index (χ0) is 27.4. The molecule has 1 aliphatic rings. The van der Waals surface area contributed by atoms with Crippen LogP contribution >= 0.6 is 6.64 Å². The predicted molar refractivity (Wildman–Crippen MR) is 144 cm³/mol. The van der Waals surface area contributed by atoms with Gasteiger partial charge in [0.05, 0.1) is 12.7 Å². The van der Waals surface area contributed by atoms with Crippen LogP contribution in [0.15, 0.2) is 82.5 Å². The summed E-state index contributed by atoms with van der Waals surface area (Å²) in [5.74, 6) is -0.000962. The van der Waals surface area contributed by atoms with Gasteiger partial charge in [-0.2, -0.15) is 0 Å². The number of ether oxygens (including phenoxy) is 2. The molecule has 0 spiro atoms. The molecule has 2 heterocycles. The summed E-state index contributed by atoms with van der Waals surface area (Å²) in [4.78, 5) is 37.9. The normalized spacial score (nSPS) is 18.1. The van der Waals surface area contributed by atoms with Crippen molar-refractivity contribution in [2.24, 2.45) is 0 Å². The molecule has 0 radical (unpaired) electrons. The molecule has 3 N–H and O–H groups in total. The Labute approximate surface area is 224 Å². The van der Waals surface area contributed by atoms with Crippen LogP contribution in [0.2, 0.25) is 0 Å². The molecule has 13 heteroatoms. The first-order chi connectivity index (χ1) is 18.4. The number of benzene rings is 2. The van der Waals surface area contributed by atoms with E-state index >= 15 is 0 Å². The molecule has 2 aromatic carbocycles. The zero-order valence-electron chi connectivity index (χ0n) is 20.7. The van der Waals surface area contributed by atoms with Crippen molar-refractivity contribution >= 4 is 24.4 Å². The number of hydrogen-bond acceptors (Lipinski definition) is 9. The average molecular weight is 564 g/mol. The van der Waals surface area contributed by atoms with Gasteiger partial charge in [0, 0.05) is 19.4 Å². The highest BCUT2D eigenvalue weighted by Gasteiger charge is 2.31. The highest BCUT2D eigenvalue weighted by Crippen LogP contribution is 2.45. The molecule has 0 saturated carbocycles. The second kappa shape index (κ2) is 14.7. The van der Waals surface area contributed by atoms with Gasteiger partial charge in [-0.05, 0) is 42.3 Å². The van der Waals surface area contributed by atoms with Gasteiger partial charge in [0.2, 0.25) is 0 Å². The van der Waals surface area contributed by atoms with Crippen molar-refractivity contribution < 1.29 is 28.4 Å². The maximum atomic E-state index is 12.3. The van der Waals surface area contributed by atoms with Crippen molar-refractivity contribution in [3.63, 3.8) is 0 Å². The molecule has 11 nitrogen and oxygen atoms in total. The molecule has 1 fully saturated rings. The van der Waals surface area contributed by atoms with Gasteiger partial charge in [0.15, 0.2) is 0 Å². The first-order valence-corrected chi connectivity index (χ1v) is 14.4. The Morgan fingerprint density at radius 1 is 1.11 bits per heavy atom. The third-order valence-corrected chi connectivity index (χ3v) is 7.72. The standard InChI is InChI=1S/C24H26N3O7PS.CH4O/c28-21-13-14-27(24(30)26-21)22-12-11-20(33-22)17-32-35(36,34-19-9-5-2-6-10-19)25-15-23(29)31-16-18-7-3-1-4-8-18;1-2/h1-10,13-14,20,22H,11-12,15-17H2,(H,25,36)(H,26,28,30);2H,1H3. The minimum atomic E-state index is -3.16. The van der Waals surface area contributed by atoms with Gasteiger partial charge >= 0.3 is 18.3 Å². The summed E-state index contributed by atoms with van der Waals surface area (Å²) in [5.41, 5.74) is -0.139. The van der Waals surface area contributed by atoms with E-state index in [1.807, 2.05) is 36.4 Å². The number of H-pyrrole nitrogens is 1. The first-order valence-electron chi connectivity index (χ1n) is 11.8. The van der Waals surface area contributed by atoms with Crippen LogP contribution in [-0.2, 0) is 37.2 Å². The third kappa shape index (κ3) is 9.02. The highest BCUT2D eigenvalue weighted by molar-refractivity contribution is 8.09. The smallest absolute Gasteiger partial charge is 0.330 e. The van der Waals surface area contributed by atoms with Crippen molar-refractivity contribution in [2.45, 2.75) is 31.8 Å². The Morgan fingerprint density at radius 3 is 2.47 bits per heavy atom. The fraction of sp³-hybridized carbons (Fsp3) is 0.320. The zero-order valence-corrected chi connectivity index (χ0v) is 22.4. The number of aromatic amines is 1. The number of aromatic nitrogens is 2. The van der Waals surface area contributed by atoms with E-state index in [4.69, 9.17) is 35.4 Å². The molecule has 1 aromatic heterocycles. The number of aliphatic hydroxyl groups is 1. The minimum absolute atomic E-state index is 0.0881. The Hall–Kier alpha value is -3.12. The molecule has 1 saturated heterocycles. The van der Waals surface area contributed by atoms with Crippen LogP contribution in [0.5, 0.6) is 5.75 Å². The summed E-state index contributed by atoms with van der Waals surface area (Å²) in [6.07, 6.45) is 1.68. The lowest BCUT2D eigenvalue weighted by Gasteiger charge is -2.25. The number of rotatable bonds is 11. The second-order valence-electron chi connectivity index (χ2n) is 7.99. The lowest BCUT2D eigenvalue weighted by Crippen LogP contribution is -2.32. The van der Waals surface area contributed by atoms with E-state index in [2.05, 4.69) is 10.1 Å². The summed E-state index contributed by atoms with van der Waals surface area (Å²) in [6.45, 7) is -3.13. The molecule has 0 aliphatic carbocycles. The van der Waals surface area contributed by atoms with Gasteiger partial charge in [0.1, 0.15) is 25.1 Å². The van der Waals surface area contributed by atoms with Crippen LogP contribution in [0.1, 0.15) is 24.6 Å². The van der Waals surface area contributed by atoms with Gasteiger partial charge in [0.25, 0.3) is 5.56 Å². The monoisotopic (exact) mass is 563 g/mol. The number of carbonyl (C=O) groups excluding carboxylic acids is 1. The lowest BCUT2D eigenvalue weighted by molar-refractivity contribution is -0.143. The van der Waals surface area contributed by atoms with E-state index in [1.165, 1.54) is 16.8 Å². The molecule has 38 heavy (non-hydrogen) atoms. The van der Waals surface area contributed by atoms with Crippen molar-refractivity contribution in [3.05, 3.63) is 99.3 Å². The Balaban J connectivity index is 0.00000195. The van der Waals surface area contributed by atoms with Gasteiger partial charge in [-0.1, -0.05) is 48.5 Å². The SMILES string of the molecule is CO.O=C(CNP(=S)(OCC1CCC(n2ccc(=O)[nH]c2=O)O1)Oc1ccccc1)OCc1ccccc1. The van der Waals surface area contributed by atoms with Crippen LogP contribution in [0, 0.1) is 0 Å². The fourth-order valence-corrected chi connectivity index (χ4v) is 5.45. The lowest BCUT2D eigenvalue weighted by atomic mass is 10.2. The summed E-state index contributed by atoms with van der Waals surface area (Å²) in [7, 11) is 1.00. The van der Waals surface area contributed by atoms with E-state index < -0.39 is 30.1 Å². The number of para-hydroxylation sites is 1. The Morgan fingerprint density at radius 2 is 1.79 bits per heavy atom. The number of esters is 1. The van der Waals surface area contributed by atoms with Gasteiger partial charge in [-0.3, -0.25) is 19.1 Å². The largest absolute Gasteiger partial charge is 0.460 e. The number of aliphatic hydroxyl groups excluding tert-OH is 1. The van der Waals surface area contributed by atoms with Gasteiger partial charge in [-0.15, -0.1) is 0 Å². The highest BCUT2D eigenvalue weighted by atomic mass is 32.5. The van der Waals surface area contributed by atoms with Gasteiger partial charge < -0.3 is 23.6 Å². The van der Waals surface area contributed by atoms with Crippen LogP contribution in [-0.4, -0.2) is 47.0 Å². The van der Waals surface area contributed by atoms with E-state index in [0.717, 1.165) is 12.7 Å². The number of nitrogens with zero attached hydrogens (tertiary/aromatic N) is 1. The summed E-state index contributed by atoms with van der Waals surface area (Å²) < 4.78 is 24.5. The van der Waals surface area contributed by atoms with Crippen LogP contribution in [0.4, 0.5) is 0 Å². The molecule has 0 bridgehead atoms. The van der Waals surface area contributed by atoms with Crippen molar-refractivity contribution in [1.29, 1.82) is 0 Å². The molecule has 3 atom stereocenters. The van der Waals surface area contributed by atoms with E-state index in [1.54, 1.807) is 24.3 Å². The van der Waals surface area contributed by atoms with E-state index in [0.29, 0.717) is 18.6 Å². The molecule has 204 valence electrons. The van der Waals surface area contributed by atoms with E-state index in [9.17, 15) is 14.4 Å². The first kappa shape index (κ1) is 29.4. The summed E-state index contributed by atoms with van der Waals surface area (Å²) >= 11 is 5.67. The summed E-state index contributed by atoms with van der Waals surface area (Å²) in [5, 5.41) is 9.92. The maximum Gasteiger partial charge on any atom is 0.330 e. The maximum absolute atomic E-state index is 12.3. The summed E-state index contributed by atoms with van der Waals surface area (Å²) in [6, 6.07) is 19.5. The van der Waals surface area contributed by atoms with Crippen LogP contribution in [0.25, 0.3) is 0 Å². The van der Waals surface area contributed by atoms with E-state index in [-0.39, 0.29) is 25.9 Å². The average Bonchev–Trinajstić information content (AvgIpc) is 3.41. The molecule has 3 aromatic rings. The van der Waals surface area contributed by atoms with Crippen molar-refractivity contribution in [2.75, 3.05) is 20.3 Å². The fourth-order valence-electron chi connectivity index (χ4n) is 3.52. The molecule has 1 aliphatic heterocycles. The molecule has 4 rings (SSSR count). The molecule has 0 amide bonds. The number of nitrogens with one attached hydrogen (secondary N) is 2. The number of hydrogen-bond donors (Lipinski definition) is 3. The molecule has 3 unspecified atom stereocenters. The number of carbonyl (C=O) groups is 1.